The number of anilines is 1. The summed E-state index contributed by atoms with van der Waals surface area (Å²) in [5, 5.41) is 30.0. The van der Waals surface area contributed by atoms with Crippen LogP contribution in [-0.4, -0.2) is 73.0 Å². The molecule has 13 nitrogen and oxygen atoms in total. The fourth-order valence-electron chi connectivity index (χ4n) is 4.75. The molecular formula is C24H22F2N10O3. The maximum atomic E-state index is 14.8. The second-order valence-corrected chi connectivity index (χ2v) is 9.00. The van der Waals surface area contributed by atoms with Gasteiger partial charge in [-0.25, -0.2) is 28.3 Å². The van der Waals surface area contributed by atoms with Crippen LogP contribution >= 0.6 is 0 Å². The summed E-state index contributed by atoms with van der Waals surface area (Å²) in [5.41, 5.74) is 0.161. The number of carbonyl (C=O) groups excluding carboxylic acids is 1. The van der Waals surface area contributed by atoms with Gasteiger partial charge >= 0.3 is 11.7 Å². The van der Waals surface area contributed by atoms with E-state index in [1.807, 2.05) is 6.07 Å². The fraction of sp³-hybridized carbons (Fsp3) is 0.333. The highest BCUT2D eigenvalue weighted by atomic mass is 19.1. The maximum absolute atomic E-state index is 14.8. The SMILES string of the molecule is Cc1nn(-c2nc(N3CCN(C(=O)N4N=CC[C@H]4c4cccc(C#N)c4F)CC3)ncc2F)c(C)c1[N+](=O)[O-]. The monoisotopic (exact) mass is 536 g/mol. The number of nitrogens with zero attached hydrogens (tertiary/aromatic N) is 10. The lowest BCUT2D eigenvalue weighted by atomic mass is 10.0. The van der Waals surface area contributed by atoms with Crippen LogP contribution in [0, 0.1) is 46.9 Å². The molecule has 0 aliphatic carbocycles. The Labute approximate surface area is 220 Å². The molecule has 3 aromatic rings. The standard InChI is InChI=1S/C24H22F2N10O3/c1-14-21(36(38)39)15(2)34(31-14)22-18(25)13-28-23(30-22)32-8-10-33(11-9-32)24(37)35-19(6-7-29-35)17-5-3-4-16(12-27)20(17)26/h3-5,7,13,19H,6,8-11H2,1-2H3/t19-/m0/s1. The quantitative estimate of drug-likeness (QED) is 0.365. The maximum Gasteiger partial charge on any atom is 0.341 e. The minimum Gasteiger partial charge on any atom is -0.337 e. The Balaban J connectivity index is 1.31. The third-order valence-corrected chi connectivity index (χ3v) is 6.72. The van der Waals surface area contributed by atoms with E-state index in [1.165, 1.54) is 37.2 Å². The lowest BCUT2D eigenvalue weighted by Gasteiger charge is -2.37. The molecule has 4 heterocycles. The Morgan fingerprint density at radius 2 is 1.95 bits per heavy atom. The summed E-state index contributed by atoms with van der Waals surface area (Å²) in [7, 11) is 0. The number of urea groups is 1. The number of rotatable bonds is 4. The summed E-state index contributed by atoms with van der Waals surface area (Å²) in [5.74, 6) is -1.50. The number of benzene rings is 1. The van der Waals surface area contributed by atoms with Crippen molar-refractivity contribution < 1.29 is 18.5 Å². The number of carbonyl (C=O) groups is 1. The average molecular weight is 537 g/mol. The molecule has 200 valence electrons. The minimum absolute atomic E-state index is 0.103. The van der Waals surface area contributed by atoms with E-state index < -0.39 is 28.6 Å². The molecule has 0 spiro atoms. The second-order valence-electron chi connectivity index (χ2n) is 9.00. The Bertz CT molecular complexity index is 1540. The third kappa shape index (κ3) is 4.49. The van der Waals surface area contributed by atoms with Crippen molar-refractivity contribution in [2.45, 2.75) is 26.3 Å². The fourth-order valence-corrected chi connectivity index (χ4v) is 4.75. The number of piperazine rings is 1. The number of aryl methyl sites for hydroxylation is 1. The number of hydrogen-bond acceptors (Lipinski definition) is 9. The van der Waals surface area contributed by atoms with Gasteiger partial charge in [0.1, 0.15) is 23.3 Å². The van der Waals surface area contributed by atoms with Crippen LogP contribution in [0.4, 0.5) is 25.2 Å². The first-order valence-corrected chi connectivity index (χ1v) is 12.0. The number of amides is 2. The van der Waals surface area contributed by atoms with Crippen molar-refractivity contribution in [2.75, 3.05) is 31.1 Å². The first-order chi connectivity index (χ1) is 18.7. The van der Waals surface area contributed by atoms with E-state index in [9.17, 15) is 23.7 Å². The van der Waals surface area contributed by atoms with Crippen LogP contribution in [0.15, 0.2) is 29.5 Å². The highest BCUT2D eigenvalue weighted by Crippen LogP contribution is 2.32. The van der Waals surface area contributed by atoms with E-state index in [4.69, 9.17) is 5.26 Å². The summed E-state index contributed by atoms with van der Waals surface area (Å²) in [4.78, 5) is 35.7. The molecule has 1 aromatic carbocycles. The van der Waals surface area contributed by atoms with E-state index in [1.54, 1.807) is 15.9 Å². The normalized spacial score (nSPS) is 17.0. The molecule has 1 fully saturated rings. The molecule has 2 aliphatic rings. The van der Waals surface area contributed by atoms with Gasteiger partial charge in [-0.3, -0.25) is 10.1 Å². The van der Waals surface area contributed by atoms with Crippen LogP contribution in [0.5, 0.6) is 0 Å². The van der Waals surface area contributed by atoms with Gasteiger partial charge in [0.25, 0.3) is 0 Å². The van der Waals surface area contributed by atoms with E-state index in [2.05, 4.69) is 20.2 Å². The number of nitro groups is 1. The van der Waals surface area contributed by atoms with Crippen molar-refractivity contribution in [1.29, 1.82) is 5.26 Å². The largest absolute Gasteiger partial charge is 0.341 e. The number of halogens is 2. The van der Waals surface area contributed by atoms with Gasteiger partial charge in [-0.15, -0.1) is 0 Å². The summed E-state index contributed by atoms with van der Waals surface area (Å²) in [6.07, 6.45) is 2.83. The van der Waals surface area contributed by atoms with Gasteiger partial charge in [0, 0.05) is 44.4 Å². The van der Waals surface area contributed by atoms with Crippen molar-refractivity contribution in [1.82, 2.24) is 29.7 Å². The zero-order valence-electron chi connectivity index (χ0n) is 21.0. The Morgan fingerprint density at radius 3 is 2.62 bits per heavy atom. The summed E-state index contributed by atoms with van der Waals surface area (Å²) < 4.78 is 30.5. The molecule has 0 N–H and O–H groups in total. The van der Waals surface area contributed by atoms with Gasteiger partial charge in [0.05, 0.1) is 22.7 Å². The van der Waals surface area contributed by atoms with Gasteiger partial charge < -0.3 is 9.80 Å². The first kappa shape index (κ1) is 25.6. The highest BCUT2D eigenvalue weighted by molar-refractivity contribution is 5.79. The predicted molar refractivity (Wildman–Crippen MR) is 133 cm³/mol. The molecule has 39 heavy (non-hydrogen) atoms. The Morgan fingerprint density at radius 1 is 1.21 bits per heavy atom. The number of nitriles is 1. The zero-order chi connectivity index (χ0) is 27.8. The molecule has 15 heteroatoms. The van der Waals surface area contributed by atoms with Crippen molar-refractivity contribution in [2.24, 2.45) is 5.10 Å². The van der Waals surface area contributed by atoms with Crippen LogP contribution in [0.3, 0.4) is 0 Å². The average Bonchev–Trinajstić information content (AvgIpc) is 3.53. The van der Waals surface area contributed by atoms with E-state index >= 15 is 0 Å². The molecule has 0 bridgehead atoms. The highest BCUT2D eigenvalue weighted by Gasteiger charge is 2.35. The van der Waals surface area contributed by atoms with Crippen LogP contribution in [0.2, 0.25) is 0 Å². The van der Waals surface area contributed by atoms with Gasteiger partial charge in [0.15, 0.2) is 11.6 Å². The van der Waals surface area contributed by atoms with Gasteiger partial charge in [-0.05, 0) is 19.9 Å². The zero-order valence-corrected chi connectivity index (χ0v) is 21.0. The molecule has 2 amide bonds. The van der Waals surface area contributed by atoms with Gasteiger partial charge in [-0.1, -0.05) is 12.1 Å². The van der Waals surface area contributed by atoms with E-state index in [0.717, 1.165) is 10.9 Å². The number of hydrazone groups is 1. The molecular weight excluding hydrogens is 514 g/mol. The summed E-state index contributed by atoms with van der Waals surface area (Å²) in [6, 6.07) is 5.21. The molecule has 0 saturated carbocycles. The topological polar surface area (TPSA) is 150 Å². The van der Waals surface area contributed by atoms with Crippen LogP contribution in [0.25, 0.3) is 5.82 Å². The van der Waals surface area contributed by atoms with Crippen molar-refractivity contribution in [3.63, 3.8) is 0 Å². The van der Waals surface area contributed by atoms with Crippen molar-refractivity contribution in [3.05, 3.63) is 68.7 Å². The lowest BCUT2D eigenvalue weighted by molar-refractivity contribution is -0.386. The van der Waals surface area contributed by atoms with Crippen LogP contribution in [-0.2, 0) is 0 Å². The van der Waals surface area contributed by atoms with Crippen LogP contribution < -0.4 is 4.90 Å². The second kappa shape index (κ2) is 10.0. The Kier molecular flexibility index (Phi) is 6.60. The smallest absolute Gasteiger partial charge is 0.337 e. The summed E-state index contributed by atoms with van der Waals surface area (Å²) in [6.45, 7) is 4.07. The van der Waals surface area contributed by atoms with Crippen molar-refractivity contribution in [3.8, 4) is 11.9 Å². The minimum atomic E-state index is -0.793. The van der Waals surface area contributed by atoms with Crippen LogP contribution in [0.1, 0.15) is 35.0 Å². The molecule has 0 unspecified atom stereocenters. The molecule has 0 radical (unpaired) electrons. The number of hydrogen-bond donors (Lipinski definition) is 0. The first-order valence-electron chi connectivity index (χ1n) is 12.0. The van der Waals surface area contributed by atoms with Gasteiger partial charge in [0.2, 0.25) is 5.95 Å². The number of aromatic nitrogens is 4. The molecule has 1 atom stereocenters. The predicted octanol–water partition coefficient (Wildman–Crippen LogP) is 3.01. The van der Waals surface area contributed by atoms with E-state index in [0.29, 0.717) is 19.5 Å². The van der Waals surface area contributed by atoms with Gasteiger partial charge in [-0.2, -0.15) is 20.4 Å². The Hall–Kier alpha value is -5.00. The summed E-state index contributed by atoms with van der Waals surface area (Å²) >= 11 is 0. The van der Waals surface area contributed by atoms with Crippen molar-refractivity contribution >= 4 is 23.9 Å². The lowest BCUT2D eigenvalue weighted by Crippen LogP contribution is -2.52. The molecule has 2 aromatic heterocycles. The third-order valence-electron chi connectivity index (χ3n) is 6.72. The molecule has 5 rings (SSSR count). The molecule has 1 saturated heterocycles. The van der Waals surface area contributed by atoms with E-state index in [-0.39, 0.29) is 53.1 Å². The molecule has 2 aliphatic heterocycles.